The van der Waals surface area contributed by atoms with Gasteiger partial charge in [0.15, 0.2) is 5.16 Å². The molecule has 0 fully saturated rings. The Balaban J connectivity index is 1.80. The van der Waals surface area contributed by atoms with Crippen LogP contribution in [0.15, 0.2) is 52.5 Å². The lowest BCUT2D eigenvalue weighted by Gasteiger charge is -2.12. The van der Waals surface area contributed by atoms with Crippen molar-refractivity contribution in [3.8, 4) is 5.75 Å². The number of ether oxygens (including phenoxy) is 1. The Labute approximate surface area is 188 Å². The number of nitrogens with two attached hydrogens (primary N) is 1. The summed E-state index contributed by atoms with van der Waals surface area (Å²) >= 11 is 1.15. The van der Waals surface area contributed by atoms with Crippen molar-refractivity contribution in [2.75, 3.05) is 11.1 Å². The number of carbonyl (C=O) groups is 1. The minimum absolute atomic E-state index is 0.0412. The maximum Gasteiger partial charge on any atom is 0.387 e. The van der Waals surface area contributed by atoms with Gasteiger partial charge in [-0.15, -0.1) is 0 Å². The summed E-state index contributed by atoms with van der Waals surface area (Å²) in [6.07, 6.45) is 1.79. The first-order chi connectivity index (χ1) is 15.2. The maximum atomic E-state index is 12.6. The normalized spacial score (nSPS) is 11.8. The fourth-order valence-corrected chi connectivity index (χ4v) is 4.37. The molecule has 0 saturated carbocycles. The van der Waals surface area contributed by atoms with E-state index in [1.807, 2.05) is 11.5 Å². The second-order valence-corrected chi connectivity index (χ2v) is 9.31. The first-order valence-electron chi connectivity index (χ1n) is 9.68. The van der Waals surface area contributed by atoms with Crippen molar-refractivity contribution < 1.29 is 26.7 Å². The molecule has 12 heteroatoms. The van der Waals surface area contributed by atoms with Crippen LogP contribution < -0.4 is 15.2 Å². The monoisotopic (exact) mass is 484 g/mol. The molecule has 0 spiro atoms. The number of thioether (sulfide) groups is 1. The molecule has 0 aliphatic carbocycles. The third-order valence-electron chi connectivity index (χ3n) is 4.46. The lowest BCUT2D eigenvalue weighted by molar-refractivity contribution is -0.113. The highest BCUT2D eigenvalue weighted by Gasteiger charge is 2.17. The van der Waals surface area contributed by atoms with E-state index in [4.69, 9.17) is 5.14 Å². The first kappa shape index (κ1) is 24.0. The third kappa shape index (κ3) is 5.96. The standard InChI is InChI=1S/C20H22F2N4O4S2/c1-2-3-10-26-16-9-8-13(32(23,28)29)11-15(16)25-20(26)31-12-18(27)24-14-6-4-5-7-17(14)30-19(21)22/h4-9,11,19H,2-3,10,12H2,1H3,(H,24,27)(H2,23,28,29). The molecule has 0 aliphatic heterocycles. The number of rotatable bonds is 10. The summed E-state index contributed by atoms with van der Waals surface area (Å²) in [6.45, 7) is -0.336. The number of alkyl halides is 2. The summed E-state index contributed by atoms with van der Waals surface area (Å²) in [5.41, 5.74) is 1.31. The molecule has 172 valence electrons. The molecule has 2 aromatic carbocycles. The van der Waals surface area contributed by atoms with Gasteiger partial charge in [0.05, 0.1) is 27.4 Å². The van der Waals surface area contributed by atoms with Gasteiger partial charge in [-0.2, -0.15) is 8.78 Å². The van der Waals surface area contributed by atoms with Gasteiger partial charge in [-0.3, -0.25) is 4.79 Å². The van der Waals surface area contributed by atoms with E-state index in [-0.39, 0.29) is 22.1 Å². The lowest BCUT2D eigenvalue weighted by atomic mass is 10.3. The first-order valence-corrected chi connectivity index (χ1v) is 12.2. The number of imidazole rings is 1. The molecule has 0 radical (unpaired) electrons. The van der Waals surface area contributed by atoms with Gasteiger partial charge in [0.2, 0.25) is 15.9 Å². The Morgan fingerprint density at radius 3 is 2.72 bits per heavy atom. The molecule has 3 aromatic rings. The third-order valence-corrected chi connectivity index (χ3v) is 6.35. The van der Waals surface area contributed by atoms with Gasteiger partial charge in [0.1, 0.15) is 5.75 Å². The Morgan fingerprint density at radius 2 is 2.03 bits per heavy atom. The van der Waals surface area contributed by atoms with Crippen LogP contribution in [0.4, 0.5) is 14.5 Å². The van der Waals surface area contributed by atoms with Crippen molar-refractivity contribution in [2.45, 2.75) is 43.0 Å². The smallest absolute Gasteiger partial charge is 0.387 e. The number of benzene rings is 2. The van der Waals surface area contributed by atoms with Crippen molar-refractivity contribution in [3.05, 3.63) is 42.5 Å². The number of halogens is 2. The fourth-order valence-electron chi connectivity index (χ4n) is 2.99. The highest BCUT2D eigenvalue weighted by Crippen LogP contribution is 2.28. The predicted molar refractivity (Wildman–Crippen MR) is 118 cm³/mol. The molecule has 0 unspecified atom stereocenters. The molecule has 0 aliphatic rings. The van der Waals surface area contributed by atoms with Crippen LogP contribution in [-0.2, 0) is 21.4 Å². The summed E-state index contributed by atoms with van der Waals surface area (Å²) in [5.74, 6) is -0.605. The van der Waals surface area contributed by atoms with Crippen LogP contribution in [0.5, 0.6) is 5.75 Å². The number of nitrogens with one attached hydrogen (secondary N) is 1. The van der Waals surface area contributed by atoms with E-state index in [9.17, 15) is 22.0 Å². The molecule has 0 atom stereocenters. The summed E-state index contributed by atoms with van der Waals surface area (Å²) in [5, 5.41) is 8.30. The second-order valence-electron chi connectivity index (χ2n) is 6.81. The van der Waals surface area contributed by atoms with Crippen LogP contribution >= 0.6 is 11.8 Å². The number of unbranched alkanes of at least 4 members (excludes halogenated alkanes) is 1. The molecule has 32 heavy (non-hydrogen) atoms. The Hall–Kier alpha value is -2.70. The van der Waals surface area contributed by atoms with E-state index in [1.54, 1.807) is 12.1 Å². The molecule has 3 N–H and O–H groups in total. The van der Waals surface area contributed by atoms with E-state index in [1.165, 1.54) is 30.3 Å². The number of hydrogen-bond acceptors (Lipinski definition) is 6. The highest BCUT2D eigenvalue weighted by atomic mass is 32.2. The summed E-state index contributed by atoms with van der Waals surface area (Å²) in [6, 6.07) is 10.4. The molecule has 0 saturated heterocycles. The molecule has 3 rings (SSSR count). The van der Waals surface area contributed by atoms with E-state index in [0.717, 1.165) is 30.1 Å². The molecule has 8 nitrogen and oxygen atoms in total. The van der Waals surface area contributed by atoms with E-state index in [0.29, 0.717) is 17.2 Å². The van der Waals surface area contributed by atoms with Crippen molar-refractivity contribution in [3.63, 3.8) is 0 Å². The van der Waals surface area contributed by atoms with Crippen molar-refractivity contribution >= 4 is 44.4 Å². The van der Waals surface area contributed by atoms with Crippen molar-refractivity contribution in [2.24, 2.45) is 5.14 Å². The minimum Gasteiger partial charge on any atom is -0.433 e. The average Bonchev–Trinajstić information content (AvgIpc) is 3.08. The highest BCUT2D eigenvalue weighted by molar-refractivity contribution is 7.99. The Morgan fingerprint density at radius 1 is 1.28 bits per heavy atom. The zero-order chi connectivity index (χ0) is 23.3. The van der Waals surface area contributed by atoms with Gasteiger partial charge >= 0.3 is 6.61 Å². The number of hydrogen-bond donors (Lipinski definition) is 2. The van der Waals surface area contributed by atoms with Crippen LogP contribution in [0, 0.1) is 0 Å². The van der Waals surface area contributed by atoms with E-state index < -0.39 is 22.5 Å². The largest absolute Gasteiger partial charge is 0.433 e. The molecular weight excluding hydrogens is 462 g/mol. The van der Waals surface area contributed by atoms with Gasteiger partial charge in [-0.05, 0) is 36.8 Å². The fraction of sp³-hybridized carbons (Fsp3) is 0.300. The van der Waals surface area contributed by atoms with Crippen molar-refractivity contribution in [1.82, 2.24) is 9.55 Å². The minimum atomic E-state index is -3.87. The molecular formula is C20H22F2N4O4S2. The number of nitrogens with zero attached hydrogens (tertiary/aromatic N) is 2. The Bertz CT molecular complexity index is 1220. The number of aryl methyl sites for hydroxylation is 1. The second kappa shape index (κ2) is 10.3. The number of aromatic nitrogens is 2. The average molecular weight is 485 g/mol. The topological polar surface area (TPSA) is 116 Å². The predicted octanol–water partition coefficient (Wildman–Crippen LogP) is 3.82. The van der Waals surface area contributed by atoms with Crippen LogP contribution in [0.2, 0.25) is 0 Å². The van der Waals surface area contributed by atoms with Crippen LogP contribution in [0.3, 0.4) is 0 Å². The number of carbonyl (C=O) groups excluding carboxylic acids is 1. The zero-order valence-corrected chi connectivity index (χ0v) is 18.8. The zero-order valence-electron chi connectivity index (χ0n) is 17.1. The number of primary sulfonamides is 1. The number of amides is 1. The van der Waals surface area contributed by atoms with Gasteiger partial charge in [0, 0.05) is 6.54 Å². The maximum absolute atomic E-state index is 12.6. The molecule has 1 heterocycles. The van der Waals surface area contributed by atoms with E-state index in [2.05, 4.69) is 15.0 Å². The van der Waals surface area contributed by atoms with Crippen LogP contribution in [-0.4, -0.2) is 36.2 Å². The van der Waals surface area contributed by atoms with Crippen LogP contribution in [0.1, 0.15) is 19.8 Å². The number of para-hydroxylation sites is 2. The molecule has 1 aromatic heterocycles. The lowest BCUT2D eigenvalue weighted by Crippen LogP contribution is -2.16. The van der Waals surface area contributed by atoms with Gasteiger partial charge in [0.25, 0.3) is 0 Å². The van der Waals surface area contributed by atoms with Gasteiger partial charge in [-0.1, -0.05) is 37.2 Å². The number of anilines is 1. The summed E-state index contributed by atoms with van der Waals surface area (Å²) in [4.78, 5) is 16.9. The SMILES string of the molecule is CCCCn1c(SCC(=O)Nc2ccccc2OC(F)F)nc2cc(S(N)(=O)=O)ccc21. The quantitative estimate of drug-likeness (QED) is 0.423. The van der Waals surface area contributed by atoms with Gasteiger partial charge < -0.3 is 14.6 Å². The summed E-state index contributed by atoms with van der Waals surface area (Å²) in [7, 11) is -3.87. The van der Waals surface area contributed by atoms with Crippen molar-refractivity contribution in [1.29, 1.82) is 0 Å². The van der Waals surface area contributed by atoms with Crippen LogP contribution in [0.25, 0.3) is 11.0 Å². The number of sulfonamides is 1. The summed E-state index contributed by atoms with van der Waals surface area (Å²) < 4.78 is 54.8. The van der Waals surface area contributed by atoms with Gasteiger partial charge in [-0.25, -0.2) is 18.5 Å². The Kier molecular flexibility index (Phi) is 7.69. The van der Waals surface area contributed by atoms with E-state index >= 15 is 0 Å². The molecule has 0 bridgehead atoms. The number of fused-ring (bicyclic) bond motifs is 1. The molecule has 1 amide bonds.